The first-order valence-electron chi connectivity index (χ1n) is 8.48. The summed E-state index contributed by atoms with van der Waals surface area (Å²) in [5, 5.41) is 16.4. The standard InChI is InChI=1S/C17H22N4O3S/c1-3-15-19-12(10-25-15)8-16(22)20-6-4-13(5-7-20)21-11(2)14(9-18-21)17(23)24/h9-10,13H,3-8H2,1-2H3,(H,23,24). The Labute approximate surface area is 150 Å². The van der Waals surface area contributed by atoms with Crippen molar-refractivity contribution in [2.24, 2.45) is 0 Å². The summed E-state index contributed by atoms with van der Waals surface area (Å²) in [5.74, 6) is -0.846. The van der Waals surface area contributed by atoms with Crippen LogP contribution in [0.5, 0.6) is 0 Å². The number of carboxylic acids is 1. The first-order chi connectivity index (χ1) is 12.0. The smallest absolute Gasteiger partial charge is 0.339 e. The van der Waals surface area contributed by atoms with Crippen LogP contribution in [-0.4, -0.2) is 49.7 Å². The summed E-state index contributed by atoms with van der Waals surface area (Å²) in [4.78, 5) is 29.9. The molecule has 2 aromatic heterocycles. The van der Waals surface area contributed by atoms with Gasteiger partial charge in [-0.1, -0.05) is 6.92 Å². The third-order valence-corrected chi connectivity index (χ3v) is 5.71. The molecule has 1 aliphatic rings. The number of amides is 1. The number of carbonyl (C=O) groups excluding carboxylic acids is 1. The zero-order valence-electron chi connectivity index (χ0n) is 14.4. The number of aromatic carboxylic acids is 1. The zero-order valence-corrected chi connectivity index (χ0v) is 15.3. The lowest BCUT2D eigenvalue weighted by atomic mass is 10.0. The van der Waals surface area contributed by atoms with Gasteiger partial charge in [-0.2, -0.15) is 5.10 Å². The molecule has 3 heterocycles. The number of carbonyl (C=O) groups is 2. The van der Waals surface area contributed by atoms with Crippen LogP contribution in [0.4, 0.5) is 0 Å². The molecule has 7 nitrogen and oxygen atoms in total. The Morgan fingerprint density at radius 3 is 2.64 bits per heavy atom. The van der Waals surface area contributed by atoms with Crippen LogP contribution in [0.1, 0.15) is 52.6 Å². The quantitative estimate of drug-likeness (QED) is 0.882. The second-order valence-electron chi connectivity index (χ2n) is 6.27. The number of piperidine rings is 1. The molecule has 0 saturated carbocycles. The molecule has 1 fully saturated rings. The first-order valence-corrected chi connectivity index (χ1v) is 9.36. The zero-order chi connectivity index (χ0) is 18.0. The van der Waals surface area contributed by atoms with Gasteiger partial charge in [0, 0.05) is 18.5 Å². The molecule has 0 atom stereocenters. The van der Waals surface area contributed by atoms with Crippen molar-refractivity contribution < 1.29 is 14.7 Å². The van der Waals surface area contributed by atoms with Crippen molar-refractivity contribution in [2.75, 3.05) is 13.1 Å². The van der Waals surface area contributed by atoms with Crippen molar-refractivity contribution in [1.29, 1.82) is 0 Å². The number of hydrogen-bond acceptors (Lipinski definition) is 5. The maximum Gasteiger partial charge on any atom is 0.339 e. The molecule has 0 bridgehead atoms. The second-order valence-corrected chi connectivity index (χ2v) is 7.21. The SMILES string of the molecule is CCc1nc(CC(=O)N2CCC(n3ncc(C(=O)O)c3C)CC2)cs1. The van der Waals surface area contributed by atoms with E-state index in [4.69, 9.17) is 5.11 Å². The van der Waals surface area contributed by atoms with E-state index in [1.807, 2.05) is 10.3 Å². The van der Waals surface area contributed by atoms with E-state index in [-0.39, 0.29) is 17.5 Å². The van der Waals surface area contributed by atoms with Crippen LogP contribution in [0.3, 0.4) is 0 Å². The number of nitrogens with zero attached hydrogens (tertiary/aromatic N) is 4. The van der Waals surface area contributed by atoms with E-state index in [0.717, 1.165) is 30.0 Å². The van der Waals surface area contributed by atoms with Gasteiger partial charge < -0.3 is 10.0 Å². The number of carboxylic acid groups (broad SMARTS) is 1. The van der Waals surface area contributed by atoms with Crippen molar-refractivity contribution in [1.82, 2.24) is 19.7 Å². The van der Waals surface area contributed by atoms with Crippen molar-refractivity contribution in [2.45, 2.75) is 45.6 Å². The fraction of sp³-hybridized carbons (Fsp3) is 0.529. The van der Waals surface area contributed by atoms with Gasteiger partial charge in [0.2, 0.25) is 5.91 Å². The molecule has 0 aromatic carbocycles. The maximum absolute atomic E-state index is 12.5. The van der Waals surface area contributed by atoms with Gasteiger partial charge in [-0.25, -0.2) is 9.78 Å². The van der Waals surface area contributed by atoms with Gasteiger partial charge in [0.1, 0.15) is 5.56 Å². The minimum Gasteiger partial charge on any atom is -0.478 e. The molecule has 3 rings (SSSR count). The fourth-order valence-electron chi connectivity index (χ4n) is 3.22. The van der Waals surface area contributed by atoms with E-state index in [1.165, 1.54) is 6.20 Å². The maximum atomic E-state index is 12.5. The Balaban J connectivity index is 1.58. The summed E-state index contributed by atoms with van der Waals surface area (Å²) < 4.78 is 1.79. The van der Waals surface area contributed by atoms with E-state index < -0.39 is 5.97 Å². The number of thiazole rings is 1. The van der Waals surface area contributed by atoms with Gasteiger partial charge in [0.05, 0.1) is 35.1 Å². The number of aryl methyl sites for hydroxylation is 1. The highest BCUT2D eigenvalue weighted by molar-refractivity contribution is 7.09. The van der Waals surface area contributed by atoms with E-state index in [9.17, 15) is 9.59 Å². The van der Waals surface area contributed by atoms with Crippen molar-refractivity contribution >= 4 is 23.2 Å². The number of likely N-dealkylation sites (tertiary alicyclic amines) is 1. The Morgan fingerprint density at radius 1 is 1.36 bits per heavy atom. The molecule has 2 aromatic rings. The summed E-state index contributed by atoms with van der Waals surface area (Å²) in [7, 11) is 0. The van der Waals surface area contributed by atoms with Crippen LogP contribution in [0, 0.1) is 6.92 Å². The Kier molecular flexibility index (Phi) is 5.17. The van der Waals surface area contributed by atoms with Crippen molar-refractivity contribution in [3.63, 3.8) is 0 Å². The highest BCUT2D eigenvalue weighted by Gasteiger charge is 2.26. The van der Waals surface area contributed by atoms with Gasteiger partial charge >= 0.3 is 5.97 Å². The lowest BCUT2D eigenvalue weighted by Gasteiger charge is -2.32. The van der Waals surface area contributed by atoms with Crippen LogP contribution in [0.15, 0.2) is 11.6 Å². The predicted octanol–water partition coefficient (Wildman–Crippen LogP) is 2.31. The summed E-state index contributed by atoms with van der Waals surface area (Å²) >= 11 is 1.60. The van der Waals surface area contributed by atoms with Crippen molar-refractivity contribution in [3.05, 3.63) is 33.5 Å². The average Bonchev–Trinajstić information content (AvgIpc) is 3.21. The molecule has 1 saturated heterocycles. The number of rotatable bonds is 5. The lowest BCUT2D eigenvalue weighted by molar-refractivity contribution is -0.131. The average molecular weight is 362 g/mol. The fourth-order valence-corrected chi connectivity index (χ4v) is 3.97. The molecule has 134 valence electrons. The van der Waals surface area contributed by atoms with Crippen LogP contribution in [0.2, 0.25) is 0 Å². The van der Waals surface area contributed by atoms with E-state index in [0.29, 0.717) is 25.2 Å². The highest BCUT2D eigenvalue weighted by Crippen LogP contribution is 2.25. The van der Waals surface area contributed by atoms with Gasteiger partial charge in [-0.05, 0) is 26.2 Å². The third kappa shape index (κ3) is 3.73. The summed E-state index contributed by atoms with van der Waals surface area (Å²) in [6.07, 6.45) is 4.22. The van der Waals surface area contributed by atoms with E-state index in [1.54, 1.807) is 22.9 Å². The molecule has 25 heavy (non-hydrogen) atoms. The van der Waals surface area contributed by atoms with Crippen molar-refractivity contribution in [3.8, 4) is 0 Å². The van der Waals surface area contributed by atoms with Gasteiger partial charge in [0.25, 0.3) is 0 Å². The van der Waals surface area contributed by atoms with Gasteiger partial charge in [-0.15, -0.1) is 11.3 Å². The summed E-state index contributed by atoms with van der Waals surface area (Å²) in [6, 6.07) is 0.142. The Hall–Kier alpha value is -2.22. The second kappa shape index (κ2) is 7.35. The van der Waals surface area contributed by atoms with Crippen LogP contribution < -0.4 is 0 Å². The third-order valence-electron chi connectivity index (χ3n) is 4.67. The van der Waals surface area contributed by atoms with Crippen LogP contribution in [0.25, 0.3) is 0 Å². The molecule has 0 unspecified atom stereocenters. The monoisotopic (exact) mass is 362 g/mol. The van der Waals surface area contributed by atoms with Gasteiger partial charge in [0.15, 0.2) is 0 Å². The molecular weight excluding hydrogens is 340 g/mol. The minimum absolute atomic E-state index is 0.106. The molecule has 0 aliphatic carbocycles. The Morgan fingerprint density at radius 2 is 2.08 bits per heavy atom. The summed E-state index contributed by atoms with van der Waals surface area (Å²) in [6.45, 7) is 5.16. The molecular formula is C17H22N4O3S. The van der Waals surface area contributed by atoms with Gasteiger partial charge in [-0.3, -0.25) is 9.48 Å². The molecule has 1 amide bonds. The minimum atomic E-state index is -0.953. The highest BCUT2D eigenvalue weighted by atomic mass is 32.1. The van der Waals surface area contributed by atoms with E-state index >= 15 is 0 Å². The predicted molar refractivity (Wildman–Crippen MR) is 94.0 cm³/mol. The molecule has 8 heteroatoms. The largest absolute Gasteiger partial charge is 0.478 e. The van der Waals surface area contributed by atoms with Crippen LogP contribution >= 0.6 is 11.3 Å². The summed E-state index contributed by atoms with van der Waals surface area (Å²) in [5.41, 5.74) is 1.77. The lowest BCUT2D eigenvalue weighted by Crippen LogP contribution is -2.40. The molecule has 0 radical (unpaired) electrons. The van der Waals surface area contributed by atoms with E-state index in [2.05, 4.69) is 17.0 Å². The molecule has 0 spiro atoms. The topological polar surface area (TPSA) is 88.3 Å². The Bertz CT molecular complexity index is 775. The van der Waals surface area contributed by atoms with Crippen LogP contribution in [-0.2, 0) is 17.6 Å². The molecule has 1 N–H and O–H groups in total. The number of aromatic nitrogens is 3. The molecule has 1 aliphatic heterocycles. The first kappa shape index (κ1) is 17.6. The normalized spacial score (nSPS) is 15.5. The number of hydrogen-bond donors (Lipinski definition) is 1.